The van der Waals surface area contributed by atoms with E-state index < -0.39 is 16.0 Å². The quantitative estimate of drug-likeness (QED) is 0.877. The minimum Gasteiger partial charge on any atom is -0.545 e. The summed E-state index contributed by atoms with van der Waals surface area (Å²) in [6.07, 6.45) is 0. The molecule has 1 aliphatic rings. The van der Waals surface area contributed by atoms with Crippen molar-refractivity contribution in [1.29, 1.82) is 0 Å². The number of fused-ring (bicyclic) bond motifs is 1. The molecule has 1 N–H and O–H groups in total. The lowest BCUT2D eigenvalue weighted by molar-refractivity contribution is -0.255. The summed E-state index contributed by atoms with van der Waals surface area (Å²) in [4.78, 5) is 11.0. The van der Waals surface area contributed by atoms with Crippen molar-refractivity contribution in [1.82, 2.24) is 0 Å². The van der Waals surface area contributed by atoms with Gasteiger partial charge in [-0.15, -0.1) is 0 Å². The Labute approximate surface area is 145 Å². The minimum absolute atomic E-state index is 0.110. The van der Waals surface area contributed by atoms with Gasteiger partial charge >= 0.3 is 0 Å². The van der Waals surface area contributed by atoms with Crippen LogP contribution in [-0.4, -0.2) is 27.6 Å². The van der Waals surface area contributed by atoms with Gasteiger partial charge in [-0.2, -0.15) is 0 Å². The van der Waals surface area contributed by atoms with E-state index in [-0.39, 0.29) is 10.5 Å². The molecule has 2 aromatic rings. The molecule has 0 fully saturated rings. The highest BCUT2D eigenvalue weighted by atomic mass is 32.2. The molecule has 0 aliphatic carbocycles. The van der Waals surface area contributed by atoms with Crippen LogP contribution in [0.5, 0.6) is 11.5 Å². The Morgan fingerprint density at radius 3 is 2.44 bits per heavy atom. The first-order valence-corrected chi connectivity index (χ1v) is 9.01. The van der Waals surface area contributed by atoms with Gasteiger partial charge in [-0.3, -0.25) is 4.72 Å². The molecule has 3 rings (SSSR count). The van der Waals surface area contributed by atoms with Crippen molar-refractivity contribution in [3.8, 4) is 11.5 Å². The molecule has 0 amide bonds. The number of hydrogen-bond donors (Lipinski definition) is 1. The van der Waals surface area contributed by atoms with E-state index in [1.165, 1.54) is 12.1 Å². The van der Waals surface area contributed by atoms with Crippen LogP contribution in [0.4, 0.5) is 5.69 Å². The van der Waals surface area contributed by atoms with Crippen molar-refractivity contribution in [2.75, 3.05) is 17.9 Å². The summed E-state index contributed by atoms with van der Waals surface area (Å²) in [6.45, 7) is 4.08. The average molecular weight is 362 g/mol. The van der Waals surface area contributed by atoms with E-state index in [0.29, 0.717) is 41.5 Å². The molecule has 0 atom stereocenters. The Morgan fingerprint density at radius 1 is 1.08 bits per heavy atom. The fraction of sp³-hybridized carbons (Fsp3) is 0.235. The van der Waals surface area contributed by atoms with Gasteiger partial charge in [0, 0.05) is 6.07 Å². The van der Waals surface area contributed by atoms with Gasteiger partial charge in [-0.1, -0.05) is 0 Å². The lowest BCUT2D eigenvalue weighted by atomic mass is 10.1. The summed E-state index contributed by atoms with van der Waals surface area (Å²) in [7, 11) is -3.99. The number of carbonyl (C=O) groups excluding carboxylic acids is 1. The van der Waals surface area contributed by atoms with Crippen molar-refractivity contribution in [3.05, 3.63) is 47.0 Å². The third-order valence-corrected chi connectivity index (χ3v) is 5.45. The normalized spacial score (nSPS) is 13.4. The van der Waals surface area contributed by atoms with E-state index >= 15 is 0 Å². The molecule has 0 aromatic heterocycles. The van der Waals surface area contributed by atoms with Crippen LogP contribution in [0.3, 0.4) is 0 Å². The summed E-state index contributed by atoms with van der Waals surface area (Å²) in [6, 6.07) is 7.17. The predicted molar refractivity (Wildman–Crippen MR) is 88.5 cm³/mol. The van der Waals surface area contributed by atoms with Crippen molar-refractivity contribution in [2.24, 2.45) is 0 Å². The van der Waals surface area contributed by atoms with Gasteiger partial charge in [0.1, 0.15) is 13.2 Å². The monoisotopic (exact) mass is 362 g/mol. The fourth-order valence-corrected chi connectivity index (χ4v) is 3.93. The van der Waals surface area contributed by atoms with Crippen LogP contribution in [0, 0.1) is 13.8 Å². The molecule has 0 saturated heterocycles. The lowest BCUT2D eigenvalue weighted by Gasteiger charge is -2.19. The van der Waals surface area contributed by atoms with Crippen molar-refractivity contribution in [2.45, 2.75) is 18.7 Å². The maximum atomic E-state index is 12.7. The molecule has 0 radical (unpaired) electrons. The summed E-state index contributed by atoms with van der Waals surface area (Å²) < 4.78 is 38.7. The second-order valence-corrected chi connectivity index (χ2v) is 7.32. The zero-order chi connectivity index (χ0) is 18.2. The zero-order valence-corrected chi connectivity index (χ0v) is 14.5. The Kier molecular flexibility index (Phi) is 4.30. The summed E-state index contributed by atoms with van der Waals surface area (Å²) in [5.41, 5.74) is 1.12. The molecular weight excluding hydrogens is 346 g/mol. The van der Waals surface area contributed by atoms with Crippen LogP contribution in [0.25, 0.3) is 0 Å². The smallest absolute Gasteiger partial charge is 0.262 e. The maximum absolute atomic E-state index is 12.7. The van der Waals surface area contributed by atoms with Crippen LogP contribution < -0.4 is 19.3 Å². The van der Waals surface area contributed by atoms with E-state index in [9.17, 15) is 18.3 Å². The number of sulfonamides is 1. The summed E-state index contributed by atoms with van der Waals surface area (Å²) >= 11 is 0. The molecular formula is C17H16NO6S-. The summed E-state index contributed by atoms with van der Waals surface area (Å²) in [5, 5.41) is 11.1. The van der Waals surface area contributed by atoms with E-state index in [2.05, 4.69) is 4.72 Å². The van der Waals surface area contributed by atoms with Gasteiger partial charge in [0.25, 0.3) is 10.0 Å². The largest absolute Gasteiger partial charge is 0.545 e. The second-order valence-electron chi connectivity index (χ2n) is 5.67. The van der Waals surface area contributed by atoms with Crippen LogP contribution >= 0.6 is 0 Å². The molecule has 1 aliphatic heterocycles. The van der Waals surface area contributed by atoms with Gasteiger partial charge < -0.3 is 19.4 Å². The highest BCUT2D eigenvalue weighted by Crippen LogP contribution is 2.33. The molecule has 25 heavy (non-hydrogen) atoms. The molecule has 0 spiro atoms. The van der Waals surface area contributed by atoms with E-state index in [1.807, 2.05) is 0 Å². The maximum Gasteiger partial charge on any atom is 0.262 e. The first-order valence-electron chi connectivity index (χ1n) is 7.53. The highest BCUT2D eigenvalue weighted by Gasteiger charge is 2.21. The number of benzene rings is 2. The molecule has 132 valence electrons. The highest BCUT2D eigenvalue weighted by molar-refractivity contribution is 7.92. The third-order valence-electron chi connectivity index (χ3n) is 3.94. The van der Waals surface area contributed by atoms with Gasteiger partial charge in [0.2, 0.25) is 0 Å². The topological polar surface area (TPSA) is 105 Å². The van der Waals surface area contributed by atoms with Gasteiger partial charge in [0.15, 0.2) is 11.5 Å². The molecule has 1 heterocycles. The predicted octanol–water partition coefficient (Wildman–Crippen LogP) is 1.24. The van der Waals surface area contributed by atoms with E-state index in [1.54, 1.807) is 26.0 Å². The number of carboxylic acids is 1. The number of carboxylic acid groups (broad SMARTS) is 1. The lowest BCUT2D eigenvalue weighted by Crippen LogP contribution is -2.24. The molecule has 0 saturated carbocycles. The molecule has 2 aromatic carbocycles. The second kappa shape index (κ2) is 6.29. The van der Waals surface area contributed by atoms with Crippen LogP contribution in [0.15, 0.2) is 35.2 Å². The SMILES string of the molecule is Cc1cc(C(=O)[O-])cc(S(=O)(=O)Nc2ccc3c(c2)OCCO3)c1C. The van der Waals surface area contributed by atoms with Crippen molar-refractivity contribution >= 4 is 21.7 Å². The number of anilines is 1. The first kappa shape index (κ1) is 17.1. The number of rotatable bonds is 4. The number of hydrogen-bond acceptors (Lipinski definition) is 6. The van der Waals surface area contributed by atoms with Gasteiger partial charge in [-0.05, 0) is 54.8 Å². The number of aryl methyl sites for hydroxylation is 1. The fourth-order valence-electron chi connectivity index (χ4n) is 2.54. The molecule has 7 nitrogen and oxygen atoms in total. The van der Waals surface area contributed by atoms with Crippen LogP contribution in [-0.2, 0) is 10.0 Å². The van der Waals surface area contributed by atoms with E-state index in [0.717, 1.165) is 6.07 Å². The Balaban J connectivity index is 1.99. The van der Waals surface area contributed by atoms with Crippen LogP contribution in [0.2, 0.25) is 0 Å². The average Bonchev–Trinajstić information content (AvgIpc) is 2.56. The number of ether oxygens (including phenoxy) is 2. The Bertz CT molecular complexity index is 952. The summed E-state index contributed by atoms with van der Waals surface area (Å²) in [5.74, 6) is -0.443. The van der Waals surface area contributed by atoms with Crippen LogP contribution in [0.1, 0.15) is 21.5 Å². The minimum atomic E-state index is -3.99. The number of aromatic carboxylic acids is 1. The standard InChI is InChI=1S/C17H17NO6S/c1-10-7-12(17(19)20)8-16(11(10)2)25(21,22)18-13-3-4-14-15(9-13)24-6-5-23-14/h3-4,7-9,18H,5-6H2,1-2H3,(H,19,20)/p-1. The van der Waals surface area contributed by atoms with E-state index in [4.69, 9.17) is 9.47 Å². The van der Waals surface area contributed by atoms with Crippen molar-refractivity contribution in [3.63, 3.8) is 0 Å². The molecule has 0 unspecified atom stereocenters. The Hall–Kier alpha value is -2.74. The van der Waals surface area contributed by atoms with Gasteiger partial charge in [0.05, 0.1) is 16.6 Å². The number of nitrogens with one attached hydrogen (secondary N) is 1. The number of carbonyl (C=O) groups is 1. The van der Waals surface area contributed by atoms with Crippen molar-refractivity contribution < 1.29 is 27.8 Å². The first-order chi connectivity index (χ1) is 11.8. The zero-order valence-electron chi connectivity index (χ0n) is 13.7. The third kappa shape index (κ3) is 3.39. The van der Waals surface area contributed by atoms with Gasteiger partial charge in [-0.25, -0.2) is 8.42 Å². The molecule has 8 heteroatoms. The molecule has 0 bridgehead atoms. The Morgan fingerprint density at radius 2 is 1.76 bits per heavy atom.